The lowest BCUT2D eigenvalue weighted by molar-refractivity contribution is 0.217. The average Bonchev–Trinajstić information content (AvgIpc) is 2.95. The van der Waals surface area contributed by atoms with E-state index in [0.29, 0.717) is 23.0 Å². The molecule has 0 N–H and O–H groups in total. The number of hydrogen-bond donors (Lipinski definition) is 0. The fourth-order valence-electron chi connectivity index (χ4n) is 4.05. The van der Waals surface area contributed by atoms with Crippen molar-refractivity contribution in [3.05, 3.63) is 97.1 Å². The van der Waals surface area contributed by atoms with Crippen molar-refractivity contribution in [3.8, 4) is 23.0 Å². The summed E-state index contributed by atoms with van der Waals surface area (Å²) < 4.78 is 75.6. The third kappa shape index (κ3) is 7.43. The van der Waals surface area contributed by atoms with Gasteiger partial charge in [-0.05, 0) is 100 Å². The molecular weight excluding hydrogens is 576 g/mol. The highest BCUT2D eigenvalue weighted by Crippen LogP contribution is 2.32. The first kappa shape index (κ1) is 30.9. The van der Waals surface area contributed by atoms with E-state index in [4.69, 9.17) is 18.9 Å². The molecule has 0 saturated carbocycles. The van der Waals surface area contributed by atoms with Gasteiger partial charge in [0, 0.05) is 0 Å². The molecule has 0 saturated heterocycles. The Labute approximate surface area is 247 Å². The molecule has 0 atom stereocenters. The van der Waals surface area contributed by atoms with Crippen molar-refractivity contribution in [2.24, 2.45) is 0 Å². The number of hydrogen-bond acceptors (Lipinski definition) is 8. The highest BCUT2D eigenvalue weighted by Gasteiger charge is 2.24. The molecule has 0 unspecified atom stereocenters. The Morgan fingerprint density at radius 1 is 0.500 bits per heavy atom. The van der Waals surface area contributed by atoms with Gasteiger partial charge in [-0.25, -0.2) is 16.8 Å². The fraction of sp³-hybridized carbons (Fsp3) is 0.250. The standard InChI is InChI=1S/C32H34O8S2/c1-23(2)39-29-9-5-7-11-31(29)41(33,34)27-17-13-25(14-18-27)37-21-22-38-26-15-19-28(20-16-26)42(35,36)32-12-8-6-10-30(32)40-24(3)4/h5-20,23-24H,21-22H2,1-4H3. The van der Waals surface area contributed by atoms with Crippen LogP contribution in [-0.4, -0.2) is 42.3 Å². The minimum atomic E-state index is -3.79. The molecule has 0 aromatic heterocycles. The third-order valence-electron chi connectivity index (χ3n) is 5.89. The molecule has 0 fully saturated rings. The molecule has 10 heteroatoms. The number of para-hydroxylation sites is 2. The largest absolute Gasteiger partial charge is 0.490 e. The van der Waals surface area contributed by atoms with E-state index in [0.717, 1.165) is 0 Å². The van der Waals surface area contributed by atoms with Crippen molar-refractivity contribution in [3.63, 3.8) is 0 Å². The quantitative estimate of drug-likeness (QED) is 0.161. The molecule has 0 aliphatic carbocycles. The van der Waals surface area contributed by atoms with Crippen molar-refractivity contribution in [1.82, 2.24) is 0 Å². The van der Waals surface area contributed by atoms with Crippen LogP contribution >= 0.6 is 0 Å². The minimum absolute atomic E-state index is 0.104. The summed E-state index contributed by atoms with van der Waals surface area (Å²) in [5.41, 5.74) is 0. The van der Waals surface area contributed by atoms with Crippen LogP contribution in [-0.2, 0) is 19.7 Å². The van der Waals surface area contributed by atoms with E-state index in [-0.39, 0.29) is 45.0 Å². The SMILES string of the molecule is CC(C)Oc1ccccc1S(=O)(=O)c1ccc(OCCOc2ccc(S(=O)(=O)c3ccccc3OC(C)C)cc2)cc1. The van der Waals surface area contributed by atoms with E-state index >= 15 is 0 Å². The smallest absolute Gasteiger partial charge is 0.210 e. The highest BCUT2D eigenvalue weighted by atomic mass is 32.2. The number of sulfone groups is 2. The maximum absolute atomic E-state index is 13.2. The Morgan fingerprint density at radius 3 is 1.17 bits per heavy atom. The molecule has 4 aromatic carbocycles. The maximum atomic E-state index is 13.2. The van der Waals surface area contributed by atoms with Gasteiger partial charge in [-0.3, -0.25) is 0 Å². The van der Waals surface area contributed by atoms with Crippen LogP contribution in [0.2, 0.25) is 0 Å². The molecule has 0 bridgehead atoms. The summed E-state index contributed by atoms with van der Waals surface area (Å²) in [4.78, 5) is 0.457. The van der Waals surface area contributed by atoms with Gasteiger partial charge in [-0.15, -0.1) is 0 Å². The van der Waals surface area contributed by atoms with Gasteiger partial charge in [-0.1, -0.05) is 24.3 Å². The van der Waals surface area contributed by atoms with Gasteiger partial charge in [0.25, 0.3) is 0 Å². The highest BCUT2D eigenvalue weighted by molar-refractivity contribution is 7.92. The summed E-state index contributed by atoms with van der Waals surface area (Å²) in [6.07, 6.45) is -0.338. The van der Waals surface area contributed by atoms with Gasteiger partial charge in [-0.2, -0.15) is 0 Å². The zero-order chi connectivity index (χ0) is 30.3. The first-order valence-corrected chi connectivity index (χ1v) is 16.4. The van der Waals surface area contributed by atoms with Crippen molar-refractivity contribution in [2.75, 3.05) is 13.2 Å². The Kier molecular flexibility index (Phi) is 9.80. The van der Waals surface area contributed by atoms with Crippen molar-refractivity contribution >= 4 is 19.7 Å². The topological polar surface area (TPSA) is 105 Å². The van der Waals surface area contributed by atoms with Gasteiger partial charge >= 0.3 is 0 Å². The first-order chi connectivity index (χ1) is 20.0. The predicted molar refractivity (Wildman–Crippen MR) is 159 cm³/mol. The second-order valence-electron chi connectivity index (χ2n) is 9.87. The molecule has 0 amide bonds. The Balaban J connectivity index is 1.34. The normalized spacial score (nSPS) is 11.9. The first-order valence-electron chi connectivity index (χ1n) is 13.5. The molecule has 4 rings (SSSR count). The van der Waals surface area contributed by atoms with Crippen LogP contribution in [0.1, 0.15) is 27.7 Å². The summed E-state index contributed by atoms with van der Waals surface area (Å²) in [6, 6.07) is 25.4. The minimum Gasteiger partial charge on any atom is -0.490 e. The molecule has 222 valence electrons. The van der Waals surface area contributed by atoms with Gasteiger partial charge in [0.2, 0.25) is 19.7 Å². The Hall–Kier alpha value is -4.02. The molecule has 0 heterocycles. The Bertz CT molecular complexity index is 1570. The van der Waals surface area contributed by atoms with Crippen molar-refractivity contribution < 1.29 is 35.8 Å². The van der Waals surface area contributed by atoms with E-state index in [1.165, 1.54) is 36.4 Å². The van der Waals surface area contributed by atoms with Gasteiger partial charge in [0.15, 0.2) is 0 Å². The van der Waals surface area contributed by atoms with Crippen LogP contribution in [0.5, 0.6) is 23.0 Å². The maximum Gasteiger partial charge on any atom is 0.210 e. The molecule has 8 nitrogen and oxygen atoms in total. The Morgan fingerprint density at radius 2 is 0.833 bits per heavy atom. The van der Waals surface area contributed by atoms with E-state index in [2.05, 4.69) is 0 Å². The van der Waals surface area contributed by atoms with E-state index in [9.17, 15) is 16.8 Å². The molecule has 0 spiro atoms. The predicted octanol–water partition coefficient (Wildman–Crippen LogP) is 6.38. The van der Waals surface area contributed by atoms with Crippen LogP contribution in [0.4, 0.5) is 0 Å². The summed E-state index contributed by atoms with van der Waals surface area (Å²) in [5.74, 6) is 1.57. The molecule has 4 aromatic rings. The molecule has 0 aliphatic heterocycles. The van der Waals surface area contributed by atoms with Crippen LogP contribution in [0.15, 0.2) is 117 Å². The molecular formula is C32H34O8S2. The summed E-state index contributed by atoms with van der Waals surface area (Å²) in [7, 11) is -7.58. The van der Waals surface area contributed by atoms with E-state index < -0.39 is 19.7 Å². The second-order valence-corrected chi connectivity index (χ2v) is 13.7. The van der Waals surface area contributed by atoms with Crippen LogP contribution in [0.25, 0.3) is 0 Å². The van der Waals surface area contributed by atoms with E-state index in [1.54, 1.807) is 60.7 Å². The molecule has 0 radical (unpaired) electrons. The fourth-order valence-corrected chi connectivity index (χ4v) is 6.82. The van der Waals surface area contributed by atoms with Gasteiger partial charge < -0.3 is 18.9 Å². The third-order valence-corrected chi connectivity index (χ3v) is 9.51. The average molecular weight is 611 g/mol. The molecule has 0 aliphatic rings. The lowest BCUT2D eigenvalue weighted by Gasteiger charge is -2.15. The number of rotatable bonds is 13. The lowest BCUT2D eigenvalue weighted by Crippen LogP contribution is -2.11. The molecule has 42 heavy (non-hydrogen) atoms. The zero-order valence-corrected chi connectivity index (χ0v) is 25.5. The van der Waals surface area contributed by atoms with Crippen molar-refractivity contribution in [2.45, 2.75) is 59.5 Å². The van der Waals surface area contributed by atoms with E-state index in [1.807, 2.05) is 27.7 Å². The summed E-state index contributed by atoms with van der Waals surface area (Å²) in [6.45, 7) is 7.73. The number of benzene rings is 4. The van der Waals surface area contributed by atoms with Crippen LogP contribution in [0, 0.1) is 0 Å². The second kappa shape index (κ2) is 13.3. The van der Waals surface area contributed by atoms with Gasteiger partial charge in [0.05, 0.1) is 22.0 Å². The summed E-state index contributed by atoms with van der Waals surface area (Å²) in [5, 5.41) is 0. The van der Waals surface area contributed by atoms with Crippen LogP contribution in [0.3, 0.4) is 0 Å². The van der Waals surface area contributed by atoms with Crippen LogP contribution < -0.4 is 18.9 Å². The van der Waals surface area contributed by atoms with Crippen molar-refractivity contribution in [1.29, 1.82) is 0 Å². The van der Waals surface area contributed by atoms with Gasteiger partial charge in [0.1, 0.15) is 46.0 Å². The lowest BCUT2D eigenvalue weighted by atomic mass is 10.3. The zero-order valence-electron chi connectivity index (χ0n) is 23.9. The number of ether oxygens (including phenoxy) is 4. The monoisotopic (exact) mass is 610 g/mol. The summed E-state index contributed by atoms with van der Waals surface area (Å²) >= 11 is 0.